The van der Waals surface area contributed by atoms with Crippen LogP contribution in [0.4, 0.5) is 5.69 Å². The van der Waals surface area contributed by atoms with Crippen molar-refractivity contribution in [3.63, 3.8) is 0 Å². The Labute approximate surface area is 109 Å². The molecule has 0 radical (unpaired) electrons. The Balaban J connectivity index is 2.59. The van der Waals surface area contributed by atoms with Crippen LogP contribution in [0.3, 0.4) is 0 Å². The number of hydrogen-bond acceptors (Lipinski definition) is 3. The van der Waals surface area contributed by atoms with E-state index in [4.69, 9.17) is 10.5 Å². The topological polar surface area (TPSA) is 64.3 Å². The Bertz CT molecular complexity index is 391. The van der Waals surface area contributed by atoms with Crippen LogP contribution < -0.4 is 15.8 Å². The van der Waals surface area contributed by atoms with E-state index < -0.39 is 0 Å². The van der Waals surface area contributed by atoms with Gasteiger partial charge in [0.1, 0.15) is 5.75 Å². The number of unbranched alkanes of at least 4 members (excludes halogenated alkanes) is 1. The van der Waals surface area contributed by atoms with Gasteiger partial charge < -0.3 is 15.8 Å². The van der Waals surface area contributed by atoms with Gasteiger partial charge in [0, 0.05) is 18.7 Å². The summed E-state index contributed by atoms with van der Waals surface area (Å²) in [4.78, 5) is 11.4. The maximum absolute atomic E-state index is 11.4. The number of benzene rings is 1. The molecular weight excluding hydrogens is 228 g/mol. The number of ether oxygens (including phenoxy) is 1. The van der Waals surface area contributed by atoms with E-state index in [9.17, 15) is 4.79 Å². The molecule has 4 heteroatoms. The Morgan fingerprint density at radius 3 is 2.83 bits per heavy atom. The van der Waals surface area contributed by atoms with Gasteiger partial charge in [0.2, 0.25) is 5.91 Å². The molecule has 0 saturated heterocycles. The van der Waals surface area contributed by atoms with Crippen molar-refractivity contribution in [3.05, 3.63) is 23.8 Å². The van der Waals surface area contributed by atoms with Gasteiger partial charge in [0.05, 0.1) is 6.61 Å². The van der Waals surface area contributed by atoms with E-state index in [-0.39, 0.29) is 5.91 Å². The highest BCUT2D eigenvalue weighted by Gasteiger charge is 2.05. The highest BCUT2D eigenvalue weighted by atomic mass is 16.5. The summed E-state index contributed by atoms with van der Waals surface area (Å²) in [6, 6.07) is 5.68. The number of amides is 1. The zero-order chi connectivity index (χ0) is 13.4. The summed E-state index contributed by atoms with van der Waals surface area (Å²) in [5.74, 6) is 0.790. The van der Waals surface area contributed by atoms with Gasteiger partial charge >= 0.3 is 0 Å². The van der Waals surface area contributed by atoms with E-state index in [2.05, 4.69) is 12.2 Å². The summed E-state index contributed by atoms with van der Waals surface area (Å²) in [5, 5.41) is 2.83. The number of carbonyl (C=O) groups excluding carboxylic acids is 1. The molecule has 4 nitrogen and oxygen atoms in total. The summed E-state index contributed by atoms with van der Waals surface area (Å²) in [5.41, 5.74) is 7.14. The average molecular weight is 250 g/mol. The standard InChI is InChI=1S/C14H22N2O2/c1-3-4-9-18-12-5-6-13(11(2)10-12)16-14(17)7-8-15/h5-6,10H,3-4,7-9,15H2,1-2H3,(H,16,17). The minimum Gasteiger partial charge on any atom is -0.494 e. The zero-order valence-electron chi connectivity index (χ0n) is 11.2. The fourth-order valence-corrected chi connectivity index (χ4v) is 1.54. The van der Waals surface area contributed by atoms with Crippen LogP contribution in [-0.2, 0) is 4.79 Å². The van der Waals surface area contributed by atoms with Crippen molar-refractivity contribution in [2.45, 2.75) is 33.1 Å². The Morgan fingerprint density at radius 1 is 1.44 bits per heavy atom. The Hall–Kier alpha value is -1.55. The first-order valence-corrected chi connectivity index (χ1v) is 6.40. The SMILES string of the molecule is CCCCOc1ccc(NC(=O)CCN)c(C)c1. The number of nitrogens with one attached hydrogen (secondary N) is 1. The molecule has 1 amide bonds. The molecule has 0 bridgehead atoms. The minimum atomic E-state index is -0.0553. The van der Waals surface area contributed by atoms with Crippen molar-refractivity contribution in [1.29, 1.82) is 0 Å². The Morgan fingerprint density at radius 2 is 2.22 bits per heavy atom. The van der Waals surface area contributed by atoms with Crippen molar-refractivity contribution >= 4 is 11.6 Å². The third-order valence-electron chi connectivity index (χ3n) is 2.61. The van der Waals surface area contributed by atoms with Crippen LogP contribution in [-0.4, -0.2) is 19.1 Å². The molecule has 0 saturated carbocycles. The summed E-state index contributed by atoms with van der Waals surface area (Å²) in [6.07, 6.45) is 2.51. The molecule has 0 atom stereocenters. The molecule has 0 spiro atoms. The lowest BCUT2D eigenvalue weighted by atomic mass is 10.2. The summed E-state index contributed by atoms with van der Waals surface area (Å²) < 4.78 is 5.60. The van der Waals surface area contributed by atoms with Crippen molar-refractivity contribution < 1.29 is 9.53 Å². The van der Waals surface area contributed by atoms with Gasteiger partial charge in [-0.05, 0) is 37.1 Å². The second-order valence-corrected chi connectivity index (χ2v) is 4.27. The van der Waals surface area contributed by atoms with Crippen LogP contribution >= 0.6 is 0 Å². The smallest absolute Gasteiger partial charge is 0.225 e. The second kappa shape index (κ2) is 7.71. The second-order valence-electron chi connectivity index (χ2n) is 4.27. The van der Waals surface area contributed by atoms with Crippen LogP contribution in [0.1, 0.15) is 31.7 Å². The highest BCUT2D eigenvalue weighted by molar-refractivity contribution is 5.91. The first-order chi connectivity index (χ1) is 8.67. The fourth-order valence-electron chi connectivity index (χ4n) is 1.54. The molecule has 0 heterocycles. The van der Waals surface area contributed by atoms with Gasteiger partial charge in [-0.3, -0.25) is 4.79 Å². The Kier molecular flexibility index (Phi) is 6.22. The van der Waals surface area contributed by atoms with Crippen LogP contribution in [0.15, 0.2) is 18.2 Å². The molecule has 3 N–H and O–H groups in total. The van der Waals surface area contributed by atoms with Crippen LogP contribution in [0.5, 0.6) is 5.75 Å². The van der Waals surface area contributed by atoms with Crippen molar-refractivity contribution in [2.24, 2.45) is 5.73 Å². The fraction of sp³-hybridized carbons (Fsp3) is 0.500. The maximum Gasteiger partial charge on any atom is 0.225 e. The third kappa shape index (κ3) is 4.75. The summed E-state index contributed by atoms with van der Waals surface area (Å²) in [6.45, 7) is 5.17. The van der Waals surface area contributed by atoms with Gasteiger partial charge in [-0.25, -0.2) is 0 Å². The molecule has 1 rings (SSSR count). The van der Waals surface area contributed by atoms with Gasteiger partial charge in [-0.2, -0.15) is 0 Å². The van der Waals surface area contributed by atoms with E-state index in [0.717, 1.165) is 36.4 Å². The summed E-state index contributed by atoms with van der Waals surface area (Å²) in [7, 11) is 0. The maximum atomic E-state index is 11.4. The molecule has 18 heavy (non-hydrogen) atoms. The molecule has 0 unspecified atom stereocenters. The number of aryl methyl sites for hydroxylation is 1. The lowest BCUT2D eigenvalue weighted by molar-refractivity contribution is -0.116. The van der Waals surface area contributed by atoms with Crippen molar-refractivity contribution in [2.75, 3.05) is 18.5 Å². The first-order valence-electron chi connectivity index (χ1n) is 6.40. The van der Waals surface area contributed by atoms with Gasteiger partial charge in [-0.1, -0.05) is 13.3 Å². The normalized spacial score (nSPS) is 10.2. The molecule has 0 aliphatic carbocycles. The van der Waals surface area contributed by atoms with E-state index in [0.29, 0.717) is 13.0 Å². The van der Waals surface area contributed by atoms with Gasteiger partial charge in [0.25, 0.3) is 0 Å². The van der Waals surface area contributed by atoms with Gasteiger partial charge in [0.15, 0.2) is 0 Å². The predicted octanol–water partition coefficient (Wildman–Crippen LogP) is 2.46. The quantitative estimate of drug-likeness (QED) is 0.731. The average Bonchev–Trinajstić information content (AvgIpc) is 2.33. The van der Waals surface area contributed by atoms with E-state index in [1.165, 1.54) is 0 Å². The molecule has 0 aromatic heterocycles. The van der Waals surface area contributed by atoms with E-state index in [1.54, 1.807) is 0 Å². The molecule has 0 aliphatic rings. The van der Waals surface area contributed by atoms with Crippen LogP contribution in [0, 0.1) is 6.92 Å². The highest BCUT2D eigenvalue weighted by Crippen LogP contribution is 2.21. The number of anilines is 1. The lowest BCUT2D eigenvalue weighted by Gasteiger charge is -2.11. The summed E-state index contributed by atoms with van der Waals surface area (Å²) >= 11 is 0. The number of nitrogens with two attached hydrogens (primary N) is 1. The molecule has 1 aromatic rings. The minimum absolute atomic E-state index is 0.0553. The number of carbonyl (C=O) groups is 1. The van der Waals surface area contributed by atoms with E-state index in [1.807, 2.05) is 25.1 Å². The largest absolute Gasteiger partial charge is 0.494 e. The molecule has 100 valence electrons. The zero-order valence-corrected chi connectivity index (χ0v) is 11.2. The number of hydrogen-bond donors (Lipinski definition) is 2. The lowest BCUT2D eigenvalue weighted by Crippen LogP contribution is -2.16. The van der Waals surface area contributed by atoms with Crippen LogP contribution in [0.25, 0.3) is 0 Å². The molecule has 1 aromatic carbocycles. The predicted molar refractivity (Wildman–Crippen MR) is 73.9 cm³/mol. The van der Waals surface area contributed by atoms with Crippen molar-refractivity contribution in [3.8, 4) is 5.75 Å². The van der Waals surface area contributed by atoms with Crippen LogP contribution in [0.2, 0.25) is 0 Å². The monoisotopic (exact) mass is 250 g/mol. The number of rotatable bonds is 7. The van der Waals surface area contributed by atoms with Gasteiger partial charge in [-0.15, -0.1) is 0 Å². The third-order valence-corrected chi connectivity index (χ3v) is 2.61. The van der Waals surface area contributed by atoms with Crippen molar-refractivity contribution in [1.82, 2.24) is 0 Å². The first kappa shape index (κ1) is 14.5. The molecule has 0 fully saturated rings. The molecule has 0 aliphatic heterocycles. The van der Waals surface area contributed by atoms with E-state index >= 15 is 0 Å². The molecular formula is C14H22N2O2.